The summed E-state index contributed by atoms with van der Waals surface area (Å²) in [4.78, 5) is 24.4. The maximum Gasteiger partial charge on any atom is 0.252 e. The van der Waals surface area contributed by atoms with E-state index in [2.05, 4.69) is 10.6 Å². The normalized spacial score (nSPS) is 11.5. The largest absolute Gasteiger partial charge is 0.508 e. The number of phenols is 1. The van der Waals surface area contributed by atoms with Crippen molar-refractivity contribution >= 4 is 11.8 Å². The molecule has 5 heteroatoms. The number of hydrogen-bond donors (Lipinski definition) is 3. The molecule has 2 amide bonds. The van der Waals surface area contributed by atoms with Crippen molar-refractivity contribution in [2.45, 2.75) is 13.0 Å². The molecular weight excluding hydrogens is 280 g/mol. The maximum atomic E-state index is 12.3. The van der Waals surface area contributed by atoms with E-state index in [1.54, 1.807) is 25.1 Å². The van der Waals surface area contributed by atoms with Crippen LogP contribution in [0.1, 0.15) is 27.5 Å². The molecule has 0 heterocycles. The van der Waals surface area contributed by atoms with Crippen molar-refractivity contribution in [2.24, 2.45) is 0 Å². The molecule has 2 rings (SSSR count). The van der Waals surface area contributed by atoms with Gasteiger partial charge in [-0.1, -0.05) is 30.3 Å². The van der Waals surface area contributed by atoms with Gasteiger partial charge in [0.05, 0.1) is 0 Å². The van der Waals surface area contributed by atoms with Crippen LogP contribution in [0.4, 0.5) is 0 Å². The SMILES string of the molecule is CNC(=O)C(NC(=O)c1ccc(O)c(C)c1)c1ccccc1. The van der Waals surface area contributed by atoms with Crippen LogP contribution in [-0.2, 0) is 4.79 Å². The van der Waals surface area contributed by atoms with Crippen molar-refractivity contribution in [1.29, 1.82) is 0 Å². The molecule has 1 atom stereocenters. The number of amides is 2. The lowest BCUT2D eigenvalue weighted by atomic mass is 10.0. The van der Waals surface area contributed by atoms with E-state index < -0.39 is 6.04 Å². The third-order valence-corrected chi connectivity index (χ3v) is 3.38. The Kier molecular flexibility index (Phi) is 4.78. The van der Waals surface area contributed by atoms with E-state index in [1.807, 2.05) is 18.2 Å². The van der Waals surface area contributed by atoms with Gasteiger partial charge in [-0.3, -0.25) is 9.59 Å². The second-order valence-corrected chi connectivity index (χ2v) is 4.93. The molecule has 0 bridgehead atoms. The van der Waals surface area contributed by atoms with E-state index in [-0.39, 0.29) is 17.6 Å². The fourth-order valence-corrected chi connectivity index (χ4v) is 2.10. The minimum absolute atomic E-state index is 0.127. The highest BCUT2D eigenvalue weighted by Crippen LogP contribution is 2.18. The molecule has 3 N–H and O–H groups in total. The van der Waals surface area contributed by atoms with E-state index >= 15 is 0 Å². The van der Waals surface area contributed by atoms with Gasteiger partial charge in [-0.15, -0.1) is 0 Å². The lowest BCUT2D eigenvalue weighted by Crippen LogP contribution is -2.39. The summed E-state index contributed by atoms with van der Waals surface area (Å²) < 4.78 is 0. The molecular formula is C17H18N2O3. The molecule has 114 valence electrons. The summed E-state index contributed by atoms with van der Waals surface area (Å²) >= 11 is 0. The second kappa shape index (κ2) is 6.76. The molecule has 1 unspecified atom stereocenters. The Balaban J connectivity index is 2.25. The number of phenolic OH excluding ortho intramolecular Hbond substituents is 1. The average molecular weight is 298 g/mol. The number of likely N-dealkylation sites (N-methyl/N-ethyl adjacent to an activating group) is 1. The predicted molar refractivity (Wildman–Crippen MR) is 83.6 cm³/mol. The lowest BCUT2D eigenvalue weighted by molar-refractivity contribution is -0.122. The second-order valence-electron chi connectivity index (χ2n) is 4.93. The molecule has 0 fully saturated rings. The zero-order valence-corrected chi connectivity index (χ0v) is 12.5. The Morgan fingerprint density at radius 1 is 1.09 bits per heavy atom. The lowest BCUT2D eigenvalue weighted by Gasteiger charge is -2.18. The number of aryl methyl sites for hydroxylation is 1. The molecule has 5 nitrogen and oxygen atoms in total. The van der Waals surface area contributed by atoms with Crippen LogP contribution >= 0.6 is 0 Å². The van der Waals surface area contributed by atoms with Crippen LogP contribution in [0.3, 0.4) is 0 Å². The predicted octanol–water partition coefficient (Wildman–Crippen LogP) is 1.92. The Hall–Kier alpha value is -2.82. The number of aromatic hydroxyl groups is 1. The van der Waals surface area contributed by atoms with Crippen LogP contribution in [0.2, 0.25) is 0 Å². The van der Waals surface area contributed by atoms with Crippen molar-refractivity contribution in [1.82, 2.24) is 10.6 Å². The van der Waals surface area contributed by atoms with Gasteiger partial charge < -0.3 is 15.7 Å². The summed E-state index contributed by atoms with van der Waals surface area (Å²) in [5.41, 5.74) is 1.69. The number of hydrogen-bond acceptors (Lipinski definition) is 3. The average Bonchev–Trinajstić information content (AvgIpc) is 2.55. The molecule has 0 aliphatic carbocycles. The van der Waals surface area contributed by atoms with Crippen LogP contribution < -0.4 is 10.6 Å². The van der Waals surface area contributed by atoms with Crippen molar-refractivity contribution in [3.8, 4) is 5.75 Å². The molecule has 2 aromatic rings. The zero-order valence-electron chi connectivity index (χ0n) is 12.5. The van der Waals surface area contributed by atoms with E-state index in [0.29, 0.717) is 16.7 Å². The van der Waals surface area contributed by atoms with Gasteiger partial charge in [-0.25, -0.2) is 0 Å². The summed E-state index contributed by atoms with van der Waals surface area (Å²) in [6.07, 6.45) is 0. The maximum absolute atomic E-state index is 12.3. The highest BCUT2D eigenvalue weighted by atomic mass is 16.3. The van der Waals surface area contributed by atoms with Gasteiger partial charge in [0.25, 0.3) is 5.91 Å². The van der Waals surface area contributed by atoms with E-state index in [1.165, 1.54) is 19.2 Å². The van der Waals surface area contributed by atoms with Crippen LogP contribution in [-0.4, -0.2) is 24.0 Å². The topological polar surface area (TPSA) is 78.4 Å². The van der Waals surface area contributed by atoms with Crippen LogP contribution in [0.5, 0.6) is 5.75 Å². The summed E-state index contributed by atoms with van der Waals surface area (Å²) in [6.45, 7) is 1.71. The monoisotopic (exact) mass is 298 g/mol. The number of rotatable bonds is 4. The van der Waals surface area contributed by atoms with Crippen molar-refractivity contribution < 1.29 is 14.7 Å². The number of nitrogens with one attached hydrogen (secondary N) is 2. The Morgan fingerprint density at radius 3 is 2.36 bits per heavy atom. The standard InChI is InChI=1S/C17H18N2O3/c1-11-10-13(8-9-14(11)20)16(21)19-15(17(22)18-2)12-6-4-3-5-7-12/h3-10,15,20H,1-2H3,(H,18,22)(H,19,21). The first-order valence-corrected chi connectivity index (χ1v) is 6.90. The van der Waals surface area contributed by atoms with Crippen LogP contribution in [0.15, 0.2) is 48.5 Å². The Bertz CT molecular complexity index is 684. The van der Waals surface area contributed by atoms with Gasteiger partial charge in [0.15, 0.2) is 0 Å². The molecule has 2 aromatic carbocycles. The van der Waals surface area contributed by atoms with Gasteiger partial charge in [0.2, 0.25) is 5.91 Å². The van der Waals surface area contributed by atoms with Gasteiger partial charge in [0, 0.05) is 12.6 Å². The number of carbonyl (C=O) groups is 2. The molecule has 0 saturated heterocycles. The zero-order chi connectivity index (χ0) is 16.1. The molecule has 0 radical (unpaired) electrons. The van der Waals surface area contributed by atoms with Gasteiger partial charge in [0.1, 0.15) is 11.8 Å². The Labute approximate surface area is 129 Å². The molecule has 0 aliphatic heterocycles. The van der Waals surface area contributed by atoms with Gasteiger partial charge in [-0.05, 0) is 36.2 Å². The third kappa shape index (κ3) is 3.44. The van der Waals surface area contributed by atoms with E-state index in [0.717, 1.165) is 0 Å². The molecule has 0 aliphatic rings. The van der Waals surface area contributed by atoms with Gasteiger partial charge in [-0.2, -0.15) is 0 Å². The first-order chi connectivity index (χ1) is 10.5. The highest BCUT2D eigenvalue weighted by molar-refractivity contribution is 5.98. The van der Waals surface area contributed by atoms with Gasteiger partial charge >= 0.3 is 0 Å². The van der Waals surface area contributed by atoms with Crippen molar-refractivity contribution in [2.75, 3.05) is 7.05 Å². The minimum atomic E-state index is -0.771. The minimum Gasteiger partial charge on any atom is -0.508 e. The first kappa shape index (κ1) is 15.6. The van der Waals surface area contributed by atoms with Crippen LogP contribution in [0, 0.1) is 6.92 Å². The van der Waals surface area contributed by atoms with E-state index in [4.69, 9.17) is 0 Å². The fourth-order valence-electron chi connectivity index (χ4n) is 2.10. The first-order valence-electron chi connectivity index (χ1n) is 6.90. The van der Waals surface area contributed by atoms with E-state index in [9.17, 15) is 14.7 Å². The quantitative estimate of drug-likeness (QED) is 0.807. The molecule has 0 aromatic heterocycles. The van der Waals surface area contributed by atoms with Crippen molar-refractivity contribution in [3.05, 3.63) is 65.2 Å². The summed E-state index contributed by atoms with van der Waals surface area (Å²) in [6, 6.07) is 12.8. The Morgan fingerprint density at radius 2 is 1.77 bits per heavy atom. The highest BCUT2D eigenvalue weighted by Gasteiger charge is 2.22. The fraction of sp³-hybridized carbons (Fsp3) is 0.176. The van der Waals surface area contributed by atoms with Crippen molar-refractivity contribution in [3.63, 3.8) is 0 Å². The number of benzene rings is 2. The molecule has 0 saturated carbocycles. The molecule has 0 spiro atoms. The van der Waals surface area contributed by atoms with Crippen LogP contribution in [0.25, 0.3) is 0 Å². The number of carbonyl (C=O) groups excluding carboxylic acids is 2. The summed E-state index contributed by atoms with van der Waals surface area (Å²) in [5, 5.41) is 14.8. The summed E-state index contributed by atoms with van der Waals surface area (Å²) in [5.74, 6) is -0.543. The molecule has 22 heavy (non-hydrogen) atoms. The smallest absolute Gasteiger partial charge is 0.252 e. The summed E-state index contributed by atoms with van der Waals surface area (Å²) in [7, 11) is 1.52. The third-order valence-electron chi connectivity index (χ3n) is 3.38.